The van der Waals surface area contributed by atoms with Crippen molar-refractivity contribution in [3.63, 3.8) is 0 Å². The third kappa shape index (κ3) is 2.12. The number of carboxylic acids is 1. The second kappa shape index (κ2) is 5.06. The van der Waals surface area contributed by atoms with Gasteiger partial charge in [-0.3, -0.25) is 4.79 Å². The molecular weight excluding hydrogens is 236 g/mol. The summed E-state index contributed by atoms with van der Waals surface area (Å²) in [5, 5.41) is 13.3. The summed E-state index contributed by atoms with van der Waals surface area (Å²) in [4.78, 5) is 15.8. The number of aromatic nitrogens is 2. The molecule has 0 aliphatic carbocycles. The summed E-state index contributed by atoms with van der Waals surface area (Å²) < 4.78 is 10.4. The predicted molar refractivity (Wildman–Crippen MR) is 62.4 cm³/mol. The summed E-state index contributed by atoms with van der Waals surface area (Å²) in [6.45, 7) is 4.84. The van der Waals surface area contributed by atoms with Crippen LogP contribution < -0.4 is 0 Å². The summed E-state index contributed by atoms with van der Waals surface area (Å²) in [6, 6.07) is 0. The van der Waals surface area contributed by atoms with Gasteiger partial charge in [0.2, 0.25) is 5.89 Å². The van der Waals surface area contributed by atoms with Crippen LogP contribution in [0, 0.1) is 0 Å². The number of rotatable bonds is 4. The lowest BCUT2D eigenvalue weighted by Gasteiger charge is -2.29. The first-order chi connectivity index (χ1) is 8.60. The maximum absolute atomic E-state index is 11.5. The van der Waals surface area contributed by atoms with Crippen molar-refractivity contribution in [3.05, 3.63) is 11.7 Å². The van der Waals surface area contributed by atoms with Crippen LogP contribution in [0.5, 0.6) is 0 Å². The van der Waals surface area contributed by atoms with E-state index in [9.17, 15) is 9.90 Å². The molecule has 2 heterocycles. The molecule has 0 radical (unpaired) electrons. The standard InChI is InChI=1S/C12H18N2O4/c1-3-8(2)9-13-10(14-18-9)12(11(15)16)4-6-17-7-5-12/h8H,3-7H2,1-2H3,(H,15,16). The van der Waals surface area contributed by atoms with Gasteiger partial charge in [-0.15, -0.1) is 0 Å². The molecule has 1 aromatic rings. The summed E-state index contributed by atoms with van der Waals surface area (Å²) in [5.41, 5.74) is -1.05. The normalized spacial score (nSPS) is 20.6. The molecule has 6 nitrogen and oxygen atoms in total. The van der Waals surface area contributed by atoms with Gasteiger partial charge in [-0.1, -0.05) is 19.0 Å². The zero-order valence-corrected chi connectivity index (χ0v) is 10.7. The van der Waals surface area contributed by atoms with Gasteiger partial charge in [-0.2, -0.15) is 4.98 Å². The Hall–Kier alpha value is -1.43. The number of carboxylic acid groups (broad SMARTS) is 1. The van der Waals surface area contributed by atoms with Gasteiger partial charge in [-0.05, 0) is 19.3 Å². The van der Waals surface area contributed by atoms with E-state index in [1.165, 1.54) is 0 Å². The maximum Gasteiger partial charge on any atom is 0.317 e. The number of nitrogens with zero attached hydrogens (tertiary/aromatic N) is 2. The van der Waals surface area contributed by atoms with Gasteiger partial charge in [0.25, 0.3) is 0 Å². The van der Waals surface area contributed by atoms with Crippen molar-refractivity contribution in [1.29, 1.82) is 0 Å². The molecule has 0 aromatic carbocycles. The predicted octanol–water partition coefficient (Wildman–Crippen LogP) is 1.72. The van der Waals surface area contributed by atoms with E-state index in [4.69, 9.17) is 9.26 Å². The van der Waals surface area contributed by atoms with E-state index < -0.39 is 11.4 Å². The number of hydrogen-bond donors (Lipinski definition) is 1. The lowest BCUT2D eigenvalue weighted by atomic mass is 9.79. The van der Waals surface area contributed by atoms with Crippen LogP contribution in [0.2, 0.25) is 0 Å². The average molecular weight is 254 g/mol. The second-order valence-electron chi connectivity index (χ2n) is 4.77. The van der Waals surface area contributed by atoms with Gasteiger partial charge in [0.15, 0.2) is 5.82 Å². The van der Waals surface area contributed by atoms with Crippen LogP contribution in [-0.2, 0) is 14.9 Å². The van der Waals surface area contributed by atoms with Crippen molar-refractivity contribution < 1.29 is 19.2 Å². The van der Waals surface area contributed by atoms with Crippen molar-refractivity contribution in [1.82, 2.24) is 10.1 Å². The van der Waals surface area contributed by atoms with Gasteiger partial charge in [0, 0.05) is 19.1 Å². The highest BCUT2D eigenvalue weighted by molar-refractivity contribution is 5.80. The first kappa shape index (κ1) is 13.0. The molecule has 1 unspecified atom stereocenters. The molecule has 0 spiro atoms. The smallest absolute Gasteiger partial charge is 0.317 e. The highest BCUT2D eigenvalue weighted by atomic mass is 16.5. The van der Waals surface area contributed by atoms with Crippen LogP contribution in [0.15, 0.2) is 4.52 Å². The lowest BCUT2D eigenvalue weighted by Crippen LogP contribution is -2.42. The molecule has 0 bridgehead atoms. The summed E-state index contributed by atoms with van der Waals surface area (Å²) in [5.74, 6) is 0.0486. The average Bonchev–Trinajstić information content (AvgIpc) is 2.88. The largest absolute Gasteiger partial charge is 0.480 e. The second-order valence-corrected chi connectivity index (χ2v) is 4.77. The molecule has 2 rings (SSSR count). The molecule has 100 valence electrons. The molecule has 1 saturated heterocycles. The third-order valence-corrected chi connectivity index (χ3v) is 3.66. The fourth-order valence-corrected chi connectivity index (χ4v) is 2.06. The number of hydrogen-bond acceptors (Lipinski definition) is 5. The fraction of sp³-hybridized carbons (Fsp3) is 0.750. The SMILES string of the molecule is CCC(C)c1nc(C2(C(=O)O)CCOCC2)no1. The Labute approximate surface area is 105 Å². The van der Waals surface area contributed by atoms with Crippen LogP contribution in [0.3, 0.4) is 0 Å². The van der Waals surface area contributed by atoms with Crippen LogP contribution in [0.4, 0.5) is 0 Å². The molecule has 1 aliphatic heterocycles. The van der Waals surface area contributed by atoms with Gasteiger partial charge in [-0.25, -0.2) is 0 Å². The van der Waals surface area contributed by atoms with Crippen LogP contribution in [0.1, 0.15) is 50.7 Å². The zero-order chi connectivity index (χ0) is 13.2. The third-order valence-electron chi connectivity index (χ3n) is 3.66. The molecular formula is C12H18N2O4. The lowest BCUT2D eigenvalue weighted by molar-refractivity contribution is -0.148. The minimum Gasteiger partial charge on any atom is -0.480 e. The summed E-state index contributed by atoms with van der Waals surface area (Å²) in [6.07, 6.45) is 1.66. The first-order valence-corrected chi connectivity index (χ1v) is 6.25. The Bertz CT molecular complexity index is 423. The van der Waals surface area contributed by atoms with Crippen LogP contribution in [0.25, 0.3) is 0 Å². The molecule has 18 heavy (non-hydrogen) atoms. The Morgan fingerprint density at radius 2 is 2.17 bits per heavy atom. The molecule has 1 aliphatic rings. The Morgan fingerprint density at radius 1 is 1.50 bits per heavy atom. The van der Waals surface area contributed by atoms with Gasteiger partial charge in [0.1, 0.15) is 5.41 Å². The van der Waals surface area contributed by atoms with E-state index in [2.05, 4.69) is 10.1 Å². The minimum absolute atomic E-state index is 0.150. The fourth-order valence-electron chi connectivity index (χ4n) is 2.06. The quantitative estimate of drug-likeness (QED) is 0.880. The van der Waals surface area contributed by atoms with Crippen molar-refractivity contribution in [2.45, 2.75) is 44.4 Å². The molecule has 0 saturated carbocycles. The van der Waals surface area contributed by atoms with E-state index in [0.717, 1.165) is 6.42 Å². The molecule has 1 N–H and O–H groups in total. The van der Waals surface area contributed by atoms with E-state index >= 15 is 0 Å². The van der Waals surface area contributed by atoms with Gasteiger partial charge < -0.3 is 14.4 Å². The van der Waals surface area contributed by atoms with Crippen molar-refractivity contribution in [3.8, 4) is 0 Å². The Morgan fingerprint density at radius 3 is 2.72 bits per heavy atom. The number of carbonyl (C=O) groups is 1. The van der Waals surface area contributed by atoms with Crippen molar-refractivity contribution in [2.24, 2.45) is 0 Å². The summed E-state index contributed by atoms with van der Waals surface area (Å²) in [7, 11) is 0. The molecule has 1 atom stereocenters. The minimum atomic E-state index is -1.05. The zero-order valence-electron chi connectivity index (χ0n) is 10.7. The highest BCUT2D eigenvalue weighted by Gasteiger charge is 2.46. The van der Waals surface area contributed by atoms with E-state index in [-0.39, 0.29) is 11.7 Å². The van der Waals surface area contributed by atoms with Crippen LogP contribution >= 0.6 is 0 Å². The van der Waals surface area contributed by atoms with E-state index in [0.29, 0.717) is 31.9 Å². The Balaban J connectivity index is 2.31. The van der Waals surface area contributed by atoms with E-state index in [1.54, 1.807) is 0 Å². The number of aliphatic carboxylic acids is 1. The Kier molecular flexibility index (Phi) is 3.65. The topological polar surface area (TPSA) is 85.5 Å². The highest BCUT2D eigenvalue weighted by Crippen LogP contribution is 2.34. The molecule has 0 amide bonds. The van der Waals surface area contributed by atoms with Gasteiger partial charge >= 0.3 is 5.97 Å². The molecule has 6 heteroatoms. The van der Waals surface area contributed by atoms with Crippen molar-refractivity contribution >= 4 is 5.97 Å². The number of ether oxygens (including phenoxy) is 1. The van der Waals surface area contributed by atoms with Gasteiger partial charge in [0.05, 0.1) is 0 Å². The maximum atomic E-state index is 11.5. The monoisotopic (exact) mass is 254 g/mol. The van der Waals surface area contributed by atoms with Crippen molar-refractivity contribution in [2.75, 3.05) is 13.2 Å². The summed E-state index contributed by atoms with van der Waals surface area (Å²) >= 11 is 0. The molecule has 1 aromatic heterocycles. The van der Waals surface area contributed by atoms with Crippen LogP contribution in [-0.4, -0.2) is 34.4 Å². The first-order valence-electron chi connectivity index (χ1n) is 6.25. The van der Waals surface area contributed by atoms with E-state index in [1.807, 2.05) is 13.8 Å². The molecule has 1 fully saturated rings.